The lowest BCUT2D eigenvalue weighted by Gasteiger charge is -2.14. The number of ether oxygens (including phenoxy) is 1. The fraction of sp³-hybridized carbons (Fsp3) is 0.105. The molecule has 0 saturated carbocycles. The van der Waals surface area contributed by atoms with Gasteiger partial charge in [0.25, 0.3) is 0 Å². The number of hydrogen-bond donors (Lipinski definition) is 1. The number of benzene rings is 2. The molecule has 0 bridgehead atoms. The van der Waals surface area contributed by atoms with Crippen LogP contribution in [0.1, 0.15) is 5.69 Å². The molecule has 4 aromatic rings. The predicted octanol–water partition coefficient (Wildman–Crippen LogP) is 4.53. The lowest BCUT2D eigenvalue weighted by molar-refractivity contribution is -0.274. The van der Waals surface area contributed by atoms with Gasteiger partial charge in [-0.05, 0) is 36.8 Å². The van der Waals surface area contributed by atoms with Crippen LogP contribution in [0.3, 0.4) is 0 Å². The van der Waals surface area contributed by atoms with Crippen LogP contribution in [-0.4, -0.2) is 31.3 Å². The first kappa shape index (κ1) is 17.8. The van der Waals surface area contributed by atoms with E-state index in [9.17, 15) is 13.2 Å². The van der Waals surface area contributed by atoms with E-state index in [4.69, 9.17) is 0 Å². The maximum Gasteiger partial charge on any atom is 0.573 e. The Balaban J connectivity index is 1.74. The lowest BCUT2D eigenvalue weighted by atomic mass is 10.0. The number of rotatable bonds is 4. The zero-order valence-corrected chi connectivity index (χ0v) is 14.6. The van der Waals surface area contributed by atoms with Gasteiger partial charge in [0.2, 0.25) is 0 Å². The number of hydrogen-bond acceptors (Lipinski definition) is 4. The highest BCUT2D eigenvalue weighted by molar-refractivity contribution is 5.72. The number of alkyl halides is 3. The molecule has 0 fully saturated rings. The molecule has 9 heteroatoms. The van der Waals surface area contributed by atoms with E-state index < -0.39 is 6.36 Å². The van der Waals surface area contributed by atoms with Gasteiger partial charge < -0.3 is 4.74 Å². The molecule has 6 nitrogen and oxygen atoms in total. The van der Waals surface area contributed by atoms with Gasteiger partial charge >= 0.3 is 6.36 Å². The first-order chi connectivity index (χ1) is 13.4. The maximum absolute atomic E-state index is 12.7. The quantitative estimate of drug-likeness (QED) is 0.560. The summed E-state index contributed by atoms with van der Waals surface area (Å²) in [6, 6.07) is 14.9. The van der Waals surface area contributed by atoms with E-state index in [1.165, 1.54) is 18.5 Å². The lowest BCUT2D eigenvalue weighted by Crippen LogP contribution is -2.17. The second-order valence-electron chi connectivity index (χ2n) is 6.01. The fourth-order valence-corrected chi connectivity index (χ4v) is 2.90. The number of H-pyrrole nitrogens is 1. The predicted molar refractivity (Wildman–Crippen MR) is 95.8 cm³/mol. The van der Waals surface area contributed by atoms with Crippen LogP contribution in [-0.2, 0) is 0 Å². The summed E-state index contributed by atoms with van der Waals surface area (Å²) >= 11 is 0. The minimum Gasteiger partial charge on any atom is -0.405 e. The van der Waals surface area contributed by atoms with Crippen LogP contribution in [0.4, 0.5) is 13.2 Å². The summed E-state index contributed by atoms with van der Waals surface area (Å²) in [5.74, 6) is 0.272. The molecule has 0 aliphatic carbocycles. The van der Waals surface area contributed by atoms with Crippen molar-refractivity contribution >= 4 is 0 Å². The Morgan fingerprint density at radius 2 is 1.86 bits per heavy atom. The van der Waals surface area contributed by atoms with E-state index in [1.807, 2.05) is 19.1 Å². The van der Waals surface area contributed by atoms with Crippen LogP contribution in [0, 0.1) is 6.92 Å². The summed E-state index contributed by atoms with van der Waals surface area (Å²) in [6.45, 7) is 1.88. The normalized spacial score (nSPS) is 11.6. The Labute approximate surface area is 157 Å². The molecule has 0 unspecified atom stereocenters. The molecule has 2 aromatic carbocycles. The molecule has 0 spiro atoms. The number of aryl methyl sites for hydroxylation is 1. The molecular weight excluding hydrogens is 371 g/mol. The van der Waals surface area contributed by atoms with E-state index >= 15 is 0 Å². The molecule has 4 rings (SSSR count). The summed E-state index contributed by atoms with van der Waals surface area (Å²) in [7, 11) is 0. The van der Waals surface area contributed by atoms with Crippen molar-refractivity contribution in [3.05, 3.63) is 66.6 Å². The van der Waals surface area contributed by atoms with Gasteiger partial charge in [-0.2, -0.15) is 10.2 Å². The molecule has 2 heterocycles. The average molecular weight is 385 g/mol. The summed E-state index contributed by atoms with van der Waals surface area (Å²) in [4.78, 5) is 4.08. The van der Waals surface area contributed by atoms with E-state index in [-0.39, 0.29) is 5.75 Å². The highest BCUT2D eigenvalue weighted by Crippen LogP contribution is 2.34. The minimum atomic E-state index is -4.77. The van der Waals surface area contributed by atoms with Gasteiger partial charge in [0, 0.05) is 11.3 Å². The molecule has 1 N–H and O–H groups in total. The smallest absolute Gasteiger partial charge is 0.405 e. The van der Waals surface area contributed by atoms with E-state index in [1.54, 1.807) is 35.0 Å². The Bertz CT molecular complexity index is 1100. The Morgan fingerprint density at radius 3 is 2.61 bits per heavy atom. The third-order valence-corrected chi connectivity index (χ3v) is 4.06. The summed E-state index contributed by atoms with van der Waals surface area (Å²) < 4.78 is 44.0. The molecule has 0 aliphatic heterocycles. The molecule has 2 aromatic heterocycles. The van der Waals surface area contributed by atoms with E-state index in [0.717, 1.165) is 5.69 Å². The van der Waals surface area contributed by atoms with Crippen molar-refractivity contribution in [2.24, 2.45) is 0 Å². The topological polar surface area (TPSA) is 68.6 Å². The first-order valence-electron chi connectivity index (χ1n) is 8.29. The van der Waals surface area contributed by atoms with Crippen molar-refractivity contribution in [3.8, 4) is 34.1 Å². The van der Waals surface area contributed by atoms with Gasteiger partial charge in [-0.1, -0.05) is 30.3 Å². The van der Waals surface area contributed by atoms with Crippen molar-refractivity contribution in [2.75, 3.05) is 0 Å². The SMILES string of the molecule is Cc1cc(-c2ncn[nH]2)nn1-c1cccc(-c2ccccc2OC(F)(F)F)c1. The zero-order valence-electron chi connectivity index (χ0n) is 14.6. The van der Waals surface area contributed by atoms with Crippen LogP contribution < -0.4 is 4.74 Å². The minimum absolute atomic E-state index is 0.258. The molecule has 0 radical (unpaired) electrons. The molecule has 0 saturated heterocycles. The molecule has 0 aliphatic rings. The number of nitrogens with zero attached hydrogens (tertiary/aromatic N) is 4. The van der Waals surface area contributed by atoms with Gasteiger partial charge in [-0.15, -0.1) is 13.2 Å². The first-order valence-corrected chi connectivity index (χ1v) is 8.29. The van der Waals surface area contributed by atoms with Gasteiger partial charge in [0.1, 0.15) is 17.8 Å². The molecule has 0 atom stereocenters. The molecular formula is C19H14F3N5O. The summed E-state index contributed by atoms with van der Waals surface area (Å²) in [5, 5.41) is 11.1. The van der Waals surface area contributed by atoms with E-state index in [2.05, 4.69) is 25.0 Å². The van der Waals surface area contributed by atoms with Gasteiger partial charge in [0.15, 0.2) is 5.82 Å². The van der Waals surface area contributed by atoms with Crippen molar-refractivity contribution in [1.82, 2.24) is 25.0 Å². The molecule has 142 valence electrons. The molecule has 0 amide bonds. The Morgan fingerprint density at radius 1 is 1.04 bits per heavy atom. The zero-order chi connectivity index (χ0) is 19.7. The second kappa shape index (κ2) is 6.84. The van der Waals surface area contributed by atoms with Gasteiger partial charge in [-0.25, -0.2) is 9.67 Å². The third kappa shape index (κ3) is 3.59. The number of aromatic amines is 1. The summed E-state index contributed by atoms with van der Waals surface area (Å²) in [6.07, 6.45) is -3.37. The van der Waals surface area contributed by atoms with Gasteiger partial charge in [-0.3, -0.25) is 5.10 Å². The van der Waals surface area contributed by atoms with Crippen molar-refractivity contribution in [2.45, 2.75) is 13.3 Å². The van der Waals surface area contributed by atoms with Gasteiger partial charge in [0.05, 0.1) is 5.69 Å². The standard InChI is InChI=1S/C19H14F3N5O/c1-12-9-16(18-23-11-24-25-18)26-27(12)14-6-4-5-13(10-14)15-7-2-3-8-17(15)28-19(20,21)22/h2-11H,1H3,(H,23,24,25). The van der Waals surface area contributed by atoms with Crippen molar-refractivity contribution < 1.29 is 17.9 Å². The van der Waals surface area contributed by atoms with Crippen LogP contribution in [0.15, 0.2) is 60.9 Å². The number of para-hydroxylation sites is 1. The monoisotopic (exact) mass is 385 g/mol. The third-order valence-electron chi connectivity index (χ3n) is 4.06. The Kier molecular flexibility index (Phi) is 4.34. The summed E-state index contributed by atoms with van der Waals surface area (Å²) in [5.41, 5.74) is 3.06. The van der Waals surface area contributed by atoms with E-state index in [0.29, 0.717) is 28.3 Å². The average Bonchev–Trinajstić information content (AvgIpc) is 3.30. The highest BCUT2D eigenvalue weighted by Gasteiger charge is 2.32. The van der Waals surface area contributed by atoms with Crippen LogP contribution >= 0.6 is 0 Å². The Hall–Kier alpha value is -3.62. The number of nitrogens with one attached hydrogen (secondary N) is 1. The second-order valence-corrected chi connectivity index (χ2v) is 6.01. The van der Waals surface area contributed by atoms with Crippen LogP contribution in [0.2, 0.25) is 0 Å². The number of halogens is 3. The molecule has 28 heavy (non-hydrogen) atoms. The largest absolute Gasteiger partial charge is 0.573 e. The fourth-order valence-electron chi connectivity index (χ4n) is 2.90. The van der Waals surface area contributed by atoms with Crippen molar-refractivity contribution in [3.63, 3.8) is 0 Å². The van der Waals surface area contributed by atoms with Crippen LogP contribution in [0.25, 0.3) is 28.3 Å². The van der Waals surface area contributed by atoms with Crippen molar-refractivity contribution in [1.29, 1.82) is 0 Å². The number of aromatic nitrogens is 5. The highest BCUT2D eigenvalue weighted by atomic mass is 19.4. The maximum atomic E-state index is 12.7. The van der Waals surface area contributed by atoms with Crippen LogP contribution in [0.5, 0.6) is 5.75 Å².